The lowest BCUT2D eigenvalue weighted by atomic mass is 10.0. The Morgan fingerprint density at radius 3 is 2.47 bits per heavy atom. The number of aromatic carboxylic acids is 1. The molecule has 17 heavy (non-hydrogen) atoms. The Hall–Kier alpha value is -2.08. The van der Waals surface area contributed by atoms with Gasteiger partial charge in [0, 0.05) is 6.07 Å². The fraction of sp³-hybridized carbons (Fsp3) is 0.273. The molecule has 0 aliphatic rings. The topological polar surface area (TPSA) is 95.9 Å². The molecular formula is C11H13NO5. The van der Waals surface area contributed by atoms with Gasteiger partial charge in [0.1, 0.15) is 17.1 Å². The Kier molecular flexibility index (Phi) is 4.06. The predicted molar refractivity (Wildman–Crippen MR) is 59.9 cm³/mol. The van der Waals surface area contributed by atoms with Crippen LogP contribution < -0.4 is 10.1 Å². The van der Waals surface area contributed by atoms with Crippen LogP contribution in [0.1, 0.15) is 20.7 Å². The summed E-state index contributed by atoms with van der Waals surface area (Å²) in [5, 5.41) is 21.2. The Bertz CT molecular complexity index is 455. The molecule has 0 aromatic heterocycles. The van der Waals surface area contributed by atoms with Gasteiger partial charge in [-0.25, -0.2) is 4.79 Å². The average molecular weight is 239 g/mol. The molecule has 0 spiro atoms. The number of nitrogens with one attached hydrogen (secondary N) is 1. The molecule has 0 fully saturated rings. The molecular weight excluding hydrogens is 226 g/mol. The molecule has 6 heteroatoms. The fourth-order valence-corrected chi connectivity index (χ4v) is 1.38. The zero-order valence-corrected chi connectivity index (χ0v) is 9.48. The molecule has 92 valence electrons. The minimum atomic E-state index is -1.22. The normalized spacial score (nSPS) is 10.0. The Morgan fingerprint density at radius 1 is 1.35 bits per heavy atom. The smallest absolute Gasteiger partial charge is 0.339 e. The van der Waals surface area contributed by atoms with E-state index in [0.29, 0.717) is 0 Å². The first-order valence-corrected chi connectivity index (χ1v) is 4.83. The summed E-state index contributed by atoms with van der Waals surface area (Å²) in [4.78, 5) is 22.5. The molecule has 0 unspecified atom stereocenters. The Labute approximate surface area is 97.8 Å². The van der Waals surface area contributed by atoms with Crippen molar-refractivity contribution in [2.24, 2.45) is 0 Å². The van der Waals surface area contributed by atoms with Gasteiger partial charge in [-0.05, 0) is 13.1 Å². The van der Waals surface area contributed by atoms with Gasteiger partial charge in [-0.15, -0.1) is 0 Å². The predicted octanol–water partition coefficient (Wildman–Crippen LogP) is 0.501. The number of Topliss-reactive ketones (excluding diaryl/α,β-unsaturated/α-hetero) is 1. The third-order valence-corrected chi connectivity index (χ3v) is 2.19. The number of methoxy groups -OCH3 is 1. The van der Waals surface area contributed by atoms with Crippen molar-refractivity contribution in [3.8, 4) is 11.5 Å². The molecule has 0 aliphatic heterocycles. The van der Waals surface area contributed by atoms with Gasteiger partial charge in [0.25, 0.3) is 0 Å². The Morgan fingerprint density at radius 2 is 2.00 bits per heavy atom. The van der Waals surface area contributed by atoms with Crippen LogP contribution in [0.2, 0.25) is 0 Å². The van der Waals surface area contributed by atoms with E-state index < -0.39 is 11.8 Å². The van der Waals surface area contributed by atoms with Gasteiger partial charge in [-0.2, -0.15) is 0 Å². The average Bonchev–Trinajstić information content (AvgIpc) is 2.28. The van der Waals surface area contributed by atoms with Crippen LogP contribution in [0.15, 0.2) is 12.1 Å². The first-order chi connectivity index (χ1) is 8.01. The molecule has 0 aliphatic carbocycles. The van der Waals surface area contributed by atoms with Crippen LogP contribution in [0.25, 0.3) is 0 Å². The monoisotopic (exact) mass is 239 g/mol. The molecule has 3 N–H and O–H groups in total. The van der Waals surface area contributed by atoms with Crippen molar-refractivity contribution in [2.75, 3.05) is 20.7 Å². The lowest BCUT2D eigenvalue weighted by Gasteiger charge is -2.09. The summed E-state index contributed by atoms with van der Waals surface area (Å²) in [5.74, 6) is -1.90. The van der Waals surface area contributed by atoms with Crippen LogP contribution in [0.3, 0.4) is 0 Å². The maximum atomic E-state index is 11.6. The first kappa shape index (κ1) is 13.0. The van der Waals surface area contributed by atoms with E-state index in [-0.39, 0.29) is 29.2 Å². The number of benzene rings is 1. The minimum Gasteiger partial charge on any atom is -0.507 e. The van der Waals surface area contributed by atoms with Crippen molar-refractivity contribution < 1.29 is 24.5 Å². The highest BCUT2D eigenvalue weighted by Crippen LogP contribution is 2.28. The second-order valence-corrected chi connectivity index (χ2v) is 3.33. The number of carbonyl (C=O) groups excluding carboxylic acids is 1. The molecule has 1 aromatic rings. The van der Waals surface area contributed by atoms with Gasteiger partial charge < -0.3 is 20.3 Å². The van der Waals surface area contributed by atoms with Crippen LogP contribution in [0, 0.1) is 0 Å². The fourth-order valence-electron chi connectivity index (χ4n) is 1.38. The van der Waals surface area contributed by atoms with Crippen LogP contribution in [0.4, 0.5) is 0 Å². The van der Waals surface area contributed by atoms with E-state index in [1.165, 1.54) is 7.11 Å². The Balaban J connectivity index is 3.29. The van der Waals surface area contributed by atoms with Crippen molar-refractivity contribution in [1.82, 2.24) is 5.32 Å². The summed E-state index contributed by atoms with van der Waals surface area (Å²) in [6.07, 6.45) is 0. The van der Waals surface area contributed by atoms with Crippen molar-refractivity contribution in [1.29, 1.82) is 0 Å². The summed E-state index contributed by atoms with van der Waals surface area (Å²) < 4.78 is 4.81. The quantitative estimate of drug-likeness (QED) is 0.647. The van der Waals surface area contributed by atoms with Gasteiger partial charge >= 0.3 is 5.97 Å². The van der Waals surface area contributed by atoms with E-state index in [9.17, 15) is 14.7 Å². The van der Waals surface area contributed by atoms with Crippen LogP contribution in [0.5, 0.6) is 11.5 Å². The molecule has 0 atom stereocenters. The van der Waals surface area contributed by atoms with Crippen molar-refractivity contribution >= 4 is 11.8 Å². The zero-order chi connectivity index (χ0) is 13.0. The highest BCUT2D eigenvalue weighted by molar-refractivity contribution is 6.03. The zero-order valence-electron chi connectivity index (χ0n) is 9.48. The van der Waals surface area contributed by atoms with Gasteiger partial charge in [0.05, 0.1) is 19.2 Å². The van der Waals surface area contributed by atoms with E-state index in [1.54, 1.807) is 7.05 Å². The second-order valence-electron chi connectivity index (χ2n) is 3.33. The summed E-state index contributed by atoms with van der Waals surface area (Å²) in [5.41, 5.74) is -0.206. The van der Waals surface area contributed by atoms with Crippen molar-refractivity contribution in [2.45, 2.75) is 0 Å². The number of hydrogen-bond donors (Lipinski definition) is 3. The van der Waals surface area contributed by atoms with Gasteiger partial charge in [0.2, 0.25) is 0 Å². The number of carboxylic acid groups (broad SMARTS) is 1. The van der Waals surface area contributed by atoms with E-state index in [4.69, 9.17) is 9.84 Å². The van der Waals surface area contributed by atoms with E-state index in [1.807, 2.05) is 0 Å². The van der Waals surface area contributed by atoms with E-state index in [2.05, 4.69) is 5.32 Å². The number of phenols is 1. The number of aromatic hydroxyl groups is 1. The highest BCUT2D eigenvalue weighted by Gasteiger charge is 2.18. The standard InChI is InChI=1S/C11H13NO5/c1-12-5-9(14)6-3-7(11(15)16)10(17-2)4-8(6)13/h3-4,12-13H,5H2,1-2H3,(H,15,16). The number of likely N-dealkylation sites (N-methyl/N-ethyl adjacent to an activating group) is 1. The maximum Gasteiger partial charge on any atom is 0.339 e. The molecule has 1 rings (SSSR count). The minimum absolute atomic E-state index is 0.0102. The van der Waals surface area contributed by atoms with Crippen LogP contribution >= 0.6 is 0 Å². The van der Waals surface area contributed by atoms with Gasteiger partial charge in [-0.1, -0.05) is 0 Å². The summed E-state index contributed by atoms with van der Waals surface area (Å²) >= 11 is 0. The summed E-state index contributed by atoms with van der Waals surface area (Å²) in [6, 6.07) is 2.22. The first-order valence-electron chi connectivity index (χ1n) is 4.83. The second kappa shape index (κ2) is 5.31. The number of ether oxygens (including phenoxy) is 1. The van der Waals surface area contributed by atoms with Gasteiger partial charge in [-0.3, -0.25) is 4.79 Å². The third-order valence-electron chi connectivity index (χ3n) is 2.19. The number of hydrogen-bond acceptors (Lipinski definition) is 5. The molecule has 0 saturated carbocycles. The number of carbonyl (C=O) groups is 2. The summed E-state index contributed by atoms with van der Waals surface area (Å²) in [6.45, 7) is 0.0128. The third kappa shape index (κ3) is 2.73. The maximum absolute atomic E-state index is 11.6. The lowest BCUT2D eigenvalue weighted by Crippen LogP contribution is -2.19. The van der Waals surface area contributed by atoms with Gasteiger partial charge in [0.15, 0.2) is 5.78 Å². The number of rotatable bonds is 5. The van der Waals surface area contributed by atoms with Crippen molar-refractivity contribution in [3.05, 3.63) is 23.3 Å². The molecule has 0 bridgehead atoms. The molecule has 0 amide bonds. The molecule has 0 radical (unpaired) electrons. The number of phenolic OH excluding ortho intramolecular Hbond substituents is 1. The SMILES string of the molecule is CNCC(=O)c1cc(C(=O)O)c(OC)cc1O. The van der Waals surface area contributed by atoms with Crippen LogP contribution in [-0.4, -0.2) is 42.7 Å². The number of carboxylic acids is 1. The van der Waals surface area contributed by atoms with Crippen LogP contribution in [-0.2, 0) is 0 Å². The van der Waals surface area contributed by atoms with E-state index >= 15 is 0 Å². The summed E-state index contributed by atoms with van der Waals surface area (Å²) in [7, 11) is 2.87. The molecule has 1 aromatic carbocycles. The largest absolute Gasteiger partial charge is 0.507 e. The van der Waals surface area contributed by atoms with Crippen molar-refractivity contribution in [3.63, 3.8) is 0 Å². The lowest BCUT2D eigenvalue weighted by molar-refractivity contribution is 0.0693. The molecule has 6 nitrogen and oxygen atoms in total. The highest BCUT2D eigenvalue weighted by atomic mass is 16.5. The molecule has 0 saturated heterocycles. The number of ketones is 1. The van der Waals surface area contributed by atoms with E-state index in [0.717, 1.165) is 12.1 Å². The molecule has 0 heterocycles.